The van der Waals surface area contributed by atoms with Crippen LogP contribution in [0.25, 0.3) is 11.4 Å². The number of aromatic amines is 1. The van der Waals surface area contributed by atoms with Gasteiger partial charge in [-0.2, -0.15) is 4.68 Å². The van der Waals surface area contributed by atoms with E-state index in [1.807, 2.05) is 0 Å². The maximum atomic E-state index is 12.1. The van der Waals surface area contributed by atoms with E-state index < -0.39 is 11.4 Å². The number of benzene rings is 1. The SMILES string of the molecule is C=C(C(=O)CC)n1[nH]c(=O)n(-c2ccccc2)c1=O. The van der Waals surface area contributed by atoms with Crippen molar-refractivity contribution >= 4 is 11.5 Å². The van der Waals surface area contributed by atoms with Crippen LogP contribution in [0.5, 0.6) is 0 Å². The highest BCUT2D eigenvalue weighted by atomic mass is 16.2. The lowest BCUT2D eigenvalue weighted by molar-refractivity contribution is -0.113. The van der Waals surface area contributed by atoms with Crippen LogP contribution < -0.4 is 11.4 Å². The van der Waals surface area contributed by atoms with Crippen molar-refractivity contribution in [3.8, 4) is 5.69 Å². The number of aromatic nitrogens is 3. The molecule has 0 bridgehead atoms. The number of rotatable bonds is 4. The van der Waals surface area contributed by atoms with Gasteiger partial charge in [0.25, 0.3) is 0 Å². The molecule has 6 nitrogen and oxygen atoms in total. The number of hydrogen-bond acceptors (Lipinski definition) is 3. The van der Waals surface area contributed by atoms with E-state index >= 15 is 0 Å². The lowest BCUT2D eigenvalue weighted by Crippen LogP contribution is -2.28. The van der Waals surface area contributed by atoms with Gasteiger partial charge in [0.2, 0.25) is 0 Å². The van der Waals surface area contributed by atoms with E-state index in [2.05, 4.69) is 11.7 Å². The molecule has 1 aromatic carbocycles. The first-order chi connectivity index (χ1) is 9.06. The molecule has 1 aromatic heterocycles. The zero-order valence-electron chi connectivity index (χ0n) is 10.4. The van der Waals surface area contributed by atoms with Crippen molar-refractivity contribution < 1.29 is 4.79 Å². The number of carbonyl (C=O) groups is 1. The summed E-state index contributed by atoms with van der Waals surface area (Å²) in [5.41, 5.74) is -0.854. The second-order valence-electron chi connectivity index (χ2n) is 3.93. The summed E-state index contributed by atoms with van der Waals surface area (Å²) < 4.78 is 1.83. The number of nitrogens with one attached hydrogen (secondary N) is 1. The number of allylic oxidation sites excluding steroid dienone is 1. The third kappa shape index (κ3) is 2.20. The summed E-state index contributed by atoms with van der Waals surface area (Å²) in [5.74, 6) is -0.302. The normalized spacial score (nSPS) is 10.4. The summed E-state index contributed by atoms with van der Waals surface area (Å²) in [7, 11) is 0. The van der Waals surface area contributed by atoms with Gasteiger partial charge in [0.15, 0.2) is 5.78 Å². The zero-order valence-corrected chi connectivity index (χ0v) is 10.4. The molecule has 0 unspecified atom stereocenters. The lowest BCUT2D eigenvalue weighted by Gasteiger charge is -2.01. The molecule has 0 spiro atoms. The number of Topliss-reactive ketones (excluding diaryl/α,β-unsaturated/α-hetero) is 1. The van der Waals surface area contributed by atoms with Gasteiger partial charge in [-0.15, -0.1) is 0 Å². The first-order valence-corrected chi connectivity index (χ1v) is 5.78. The Labute approximate surface area is 108 Å². The Morgan fingerprint density at radius 1 is 1.26 bits per heavy atom. The summed E-state index contributed by atoms with van der Waals surface area (Å²) in [6, 6.07) is 8.46. The van der Waals surface area contributed by atoms with Crippen molar-refractivity contribution in [1.82, 2.24) is 14.3 Å². The lowest BCUT2D eigenvalue weighted by atomic mass is 10.2. The van der Waals surface area contributed by atoms with Crippen molar-refractivity contribution in [1.29, 1.82) is 0 Å². The second-order valence-corrected chi connectivity index (χ2v) is 3.93. The third-order valence-corrected chi connectivity index (χ3v) is 2.72. The molecule has 0 aliphatic heterocycles. The van der Waals surface area contributed by atoms with Crippen LogP contribution in [0, 0.1) is 0 Å². The Hall–Kier alpha value is -2.63. The molecule has 1 N–H and O–H groups in total. The maximum absolute atomic E-state index is 12.1. The third-order valence-electron chi connectivity index (χ3n) is 2.72. The Morgan fingerprint density at radius 3 is 2.47 bits per heavy atom. The molecule has 0 amide bonds. The molecule has 0 fully saturated rings. The van der Waals surface area contributed by atoms with E-state index in [0.717, 1.165) is 9.25 Å². The highest BCUT2D eigenvalue weighted by Gasteiger charge is 2.15. The fraction of sp³-hybridized carbons (Fsp3) is 0.154. The number of carbonyl (C=O) groups excluding carboxylic acids is 1. The van der Waals surface area contributed by atoms with Gasteiger partial charge in [-0.25, -0.2) is 19.3 Å². The van der Waals surface area contributed by atoms with Crippen LogP contribution in [0.1, 0.15) is 13.3 Å². The Kier molecular flexibility index (Phi) is 3.33. The number of nitrogens with zero attached hydrogens (tertiary/aromatic N) is 2. The van der Waals surface area contributed by atoms with Crippen LogP contribution in [0.15, 0.2) is 46.5 Å². The fourth-order valence-corrected chi connectivity index (χ4v) is 1.70. The van der Waals surface area contributed by atoms with Crippen LogP contribution in [-0.4, -0.2) is 20.1 Å². The fourth-order valence-electron chi connectivity index (χ4n) is 1.70. The molecule has 2 rings (SSSR count). The molecule has 98 valence electrons. The number of ketones is 1. The van der Waals surface area contributed by atoms with Gasteiger partial charge in [-0.05, 0) is 12.1 Å². The maximum Gasteiger partial charge on any atom is 0.356 e. The van der Waals surface area contributed by atoms with Crippen LogP contribution in [-0.2, 0) is 4.79 Å². The highest BCUT2D eigenvalue weighted by molar-refractivity contribution is 6.13. The average molecular weight is 259 g/mol. The molecular weight excluding hydrogens is 246 g/mol. The molecule has 2 aromatic rings. The van der Waals surface area contributed by atoms with E-state index in [1.165, 1.54) is 0 Å². The van der Waals surface area contributed by atoms with E-state index in [9.17, 15) is 14.4 Å². The van der Waals surface area contributed by atoms with E-state index in [4.69, 9.17) is 0 Å². The quantitative estimate of drug-likeness (QED) is 0.824. The van der Waals surface area contributed by atoms with Gasteiger partial charge in [0.05, 0.1) is 5.69 Å². The number of hydrogen-bond donors (Lipinski definition) is 1. The predicted octanol–water partition coefficient (Wildman–Crippen LogP) is 0.777. The summed E-state index contributed by atoms with van der Waals surface area (Å²) in [6.07, 6.45) is 0.212. The molecule has 0 aliphatic rings. The summed E-state index contributed by atoms with van der Waals surface area (Å²) >= 11 is 0. The smallest absolute Gasteiger partial charge is 0.292 e. The minimum absolute atomic E-state index is 0.0423. The van der Waals surface area contributed by atoms with Gasteiger partial charge in [-0.1, -0.05) is 31.7 Å². The van der Waals surface area contributed by atoms with Crippen LogP contribution in [0.3, 0.4) is 0 Å². The monoisotopic (exact) mass is 259 g/mol. The predicted molar refractivity (Wildman–Crippen MR) is 71.3 cm³/mol. The van der Waals surface area contributed by atoms with E-state index in [-0.39, 0.29) is 17.9 Å². The topological polar surface area (TPSA) is 76.9 Å². The van der Waals surface area contributed by atoms with Crippen LogP contribution in [0.2, 0.25) is 0 Å². The average Bonchev–Trinajstić information content (AvgIpc) is 2.73. The molecule has 0 atom stereocenters. The van der Waals surface area contributed by atoms with Crippen molar-refractivity contribution in [2.75, 3.05) is 0 Å². The van der Waals surface area contributed by atoms with Crippen LogP contribution in [0.4, 0.5) is 0 Å². The zero-order chi connectivity index (χ0) is 14.0. The Balaban J connectivity index is 2.60. The number of para-hydroxylation sites is 1. The van der Waals surface area contributed by atoms with Crippen molar-refractivity contribution in [2.45, 2.75) is 13.3 Å². The Bertz CT molecular complexity index is 734. The van der Waals surface area contributed by atoms with Gasteiger partial charge in [0.1, 0.15) is 5.70 Å². The molecule has 1 heterocycles. The number of H-pyrrole nitrogens is 1. The first kappa shape index (κ1) is 12.8. The molecule has 6 heteroatoms. The highest BCUT2D eigenvalue weighted by Crippen LogP contribution is 2.03. The van der Waals surface area contributed by atoms with Gasteiger partial charge in [-0.3, -0.25) is 4.79 Å². The summed E-state index contributed by atoms with van der Waals surface area (Å²) in [6.45, 7) is 5.19. The second kappa shape index (κ2) is 4.93. The minimum atomic E-state index is -0.636. The molecule has 0 radical (unpaired) electrons. The van der Waals surface area contributed by atoms with E-state index in [0.29, 0.717) is 5.69 Å². The molecule has 0 saturated heterocycles. The summed E-state index contributed by atoms with van der Waals surface area (Å²) in [5, 5.41) is 2.32. The van der Waals surface area contributed by atoms with Crippen molar-refractivity contribution in [3.05, 3.63) is 57.9 Å². The summed E-state index contributed by atoms with van der Waals surface area (Å²) in [4.78, 5) is 35.5. The van der Waals surface area contributed by atoms with Crippen molar-refractivity contribution in [3.63, 3.8) is 0 Å². The Morgan fingerprint density at radius 2 is 1.89 bits per heavy atom. The van der Waals surface area contributed by atoms with Gasteiger partial charge >= 0.3 is 11.4 Å². The molecule has 19 heavy (non-hydrogen) atoms. The van der Waals surface area contributed by atoms with E-state index in [1.54, 1.807) is 37.3 Å². The van der Waals surface area contributed by atoms with Gasteiger partial charge in [0, 0.05) is 6.42 Å². The van der Waals surface area contributed by atoms with Crippen molar-refractivity contribution in [2.24, 2.45) is 0 Å². The van der Waals surface area contributed by atoms with Crippen LogP contribution >= 0.6 is 0 Å². The molecule has 0 saturated carbocycles. The minimum Gasteiger partial charge on any atom is -0.292 e. The largest absolute Gasteiger partial charge is 0.356 e. The molecule has 0 aliphatic carbocycles. The first-order valence-electron chi connectivity index (χ1n) is 5.78. The van der Waals surface area contributed by atoms with Gasteiger partial charge < -0.3 is 0 Å². The molecular formula is C13H13N3O3. The standard InChI is InChI=1S/C13H13N3O3/c1-3-11(17)9(2)16-13(19)15(12(18)14-16)10-7-5-4-6-8-10/h4-8H,2-3H2,1H3,(H,14,18).